The molecule has 1 aromatic heterocycles. The summed E-state index contributed by atoms with van der Waals surface area (Å²) in [6, 6.07) is 1.63. The van der Waals surface area contributed by atoms with Gasteiger partial charge in [-0.1, -0.05) is 6.92 Å². The van der Waals surface area contributed by atoms with E-state index < -0.39 is 11.5 Å². The summed E-state index contributed by atoms with van der Waals surface area (Å²) in [6.07, 6.45) is 1.68. The van der Waals surface area contributed by atoms with E-state index in [1.807, 2.05) is 18.4 Å². The normalized spacial score (nSPS) is 22.0. The van der Waals surface area contributed by atoms with Gasteiger partial charge in [-0.25, -0.2) is 9.59 Å². The Labute approximate surface area is 130 Å². The number of nitrogens with one attached hydrogen (secondary N) is 1. The fourth-order valence-electron chi connectivity index (χ4n) is 2.62. The second-order valence-electron chi connectivity index (χ2n) is 4.80. The number of hydrogen-bond donors (Lipinski definition) is 2. The van der Waals surface area contributed by atoms with Gasteiger partial charge in [0.25, 0.3) is 0 Å². The van der Waals surface area contributed by atoms with Crippen molar-refractivity contribution in [2.75, 3.05) is 6.54 Å². The maximum absolute atomic E-state index is 12.3. The third-order valence-electron chi connectivity index (χ3n) is 3.81. The van der Waals surface area contributed by atoms with Crippen LogP contribution in [-0.4, -0.2) is 34.1 Å². The molecule has 0 bridgehead atoms. The molecule has 2 heterocycles. The highest BCUT2D eigenvalue weighted by Gasteiger charge is 2.48. The molecular weight excluding hydrogens is 344 g/mol. The van der Waals surface area contributed by atoms with Gasteiger partial charge in [0, 0.05) is 15.9 Å². The standard InChI is InChI=1S/C13H17BrN2O3S/c1-2-13(11(17)18)5-3-6-16(13)12(19)15-8-10-9(14)4-7-20-10/h4,7H,2-3,5-6,8H2,1H3,(H,15,19)(H,17,18). The Kier molecular flexibility index (Phi) is 4.70. The van der Waals surface area contributed by atoms with Gasteiger partial charge >= 0.3 is 12.0 Å². The van der Waals surface area contributed by atoms with Crippen LogP contribution in [0.25, 0.3) is 0 Å². The maximum Gasteiger partial charge on any atom is 0.329 e. The lowest BCUT2D eigenvalue weighted by atomic mass is 9.93. The van der Waals surface area contributed by atoms with Crippen molar-refractivity contribution < 1.29 is 14.7 Å². The van der Waals surface area contributed by atoms with E-state index in [9.17, 15) is 14.7 Å². The van der Waals surface area contributed by atoms with Crippen LogP contribution in [0.1, 0.15) is 31.1 Å². The topological polar surface area (TPSA) is 69.6 Å². The number of urea groups is 1. The molecule has 0 aromatic carbocycles. The predicted octanol–water partition coefficient (Wildman–Crippen LogP) is 3.05. The third kappa shape index (κ3) is 2.69. The van der Waals surface area contributed by atoms with Crippen LogP contribution in [0, 0.1) is 0 Å². The van der Waals surface area contributed by atoms with Crippen molar-refractivity contribution in [3.63, 3.8) is 0 Å². The fourth-order valence-corrected chi connectivity index (χ4v) is 4.05. The van der Waals surface area contributed by atoms with E-state index in [1.165, 1.54) is 4.90 Å². The number of nitrogens with zero attached hydrogens (tertiary/aromatic N) is 1. The largest absolute Gasteiger partial charge is 0.479 e. The van der Waals surface area contributed by atoms with Gasteiger partial charge in [0.05, 0.1) is 6.54 Å². The second-order valence-corrected chi connectivity index (χ2v) is 6.65. The Morgan fingerprint density at radius 2 is 2.35 bits per heavy atom. The van der Waals surface area contributed by atoms with E-state index in [0.717, 1.165) is 15.8 Å². The van der Waals surface area contributed by atoms with Gasteiger partial charge in [-0.3, -0.25) is 0 Å². The molecule has 1 aliphatic rings. The number of likely N-dealkylation sites (tertiary alicyclic amines) is 1. The number of carbonyl (C=O) groups is 2. The summed E-state index contributed by atoms with van der Waals surface area (Å²) in [5, 5.41) is 14.2. The van der Waals surface area contributed by atoms with Gasteiger partial charge in [-0.2, -0.15) is 0 Å². The Bertz CT molecular complexity index is 519. The van der Waals surface area contributed by atoms with Crippen LogP contribution in [0.15, 0.2) is 15.9 Å². The van der Waals surface area contributed by atoms with Crippen LogP contribution >= 0.6 is 27.3 Å². The van der Waals surface area contributed by atoms with E-state index in [-0.39, 0.29) is 6.03 Å². The van der Waals surface area contributed by atoms with Crippen LogP contribution in [-0.2, 0) is 11.3 Å². The smallest absolute Gasteiger partial charge is 0.329 e. The Morgan fingerprint density at radius 1 is 1.60 bits per heavy atom. The summed E-state index contributed by atoms with van der Waals surface area (Å²) in [4.78, 5) is 26.3. The SMILES string of the molecule is CCC1(C(=O)O)CCCN1C(=O)NCc1sccc1Br. The maximum atomic E-state index is 12.3. The van der Waals surface area contributed by atoms with Crippen molar-refractivity contribution >= 4 is 39.3 Å². The number of carbonyl (C=O) groups excluding carboxylic acids is 1. The molecule has 1 aromatic rings. The molecule has 2 rings (SSSR count). The number of carboxylic acids is 1. The number of thiophene rings is 1. The molecule has 2 amide bonds. The quantitative estimate of drug-likeness (QED) is 0.866. The van der Waals surface area contributed by atoms with E-state index >= 15 is 0 Å². The van der Waals surface area contributed by atoms with Crippen LogP contribution in [0.4, 0.5) is 4.79 Å². The van der Waals surface area contributed by atoms with E-state index in [2.05, 4.69) is 21.2 Å². The van der Waals surface area contributed by atoms with Gasteiger partial charge in [0.15, 0.2) is 0 Å². The van der Waals surface area contributed by atoms with Crippen molar-refractivity contribution in [3.8, 4) is 0 Å². The monoisotopic (exact) mass is 360 g/mol. The predicted molar refractivity (Wildman–Crippen MR) is 80.9 cm³/mol. The molecule has 7 heteroatoms. The van der Waals surface area contributed by atoms with Gasteiger partial charge in [-0.05, 0) is 46.6 Å². The summed E-state index contributed by atoms with van der Waals surface area (Å²) < 4.78 is 0.962. The van der Waals surface area contributed by atoms with Gasteiger partial charge in [0.1, 0.15) is 5.54 Å². The summed E-state index contributed by atoms with van der Waals surface area (Å²) in [6.45, 7) is 2.72. The molecule has 0 saturated carbocycles. The number of amides is 2. The summed E-state index contributed by atoms with van der Waals surface area (Å²) in [5.74, 6) is -0.912. The van der Waals surface area contributed by atoms with E-state index in [0.29, 0.717) is 25.9 Å². The van der Waals surface area contributed by atoms with Crippen molar-refractivity contribution in [1.82, 2.24) is 10.2 Å². The lowest BCUT2D eigenvalue weighted by Gasteiger charge is -2.33. The first-order valence-electron chi connectivity index (χ1n) is 6.52. The molecular formula is C13H17BrN2O3S. The van der Waals surface area contributed by atoms with Gasteiger partial charge in [0.2, 0.25) is 0 Å². The van der Waals surface area contributed by atoms with E-state index in [1.54, 1.807) is 11.3 Å². The second kappa shape index (κ2) is 6.13. The summed E-state index contributed by atoms with van der Waals surface area (Å²) >= 11 is 4.96. The highest BCUT2D eigenvalue weighted by atomic mass is 79.9. The molecule has 0 spiro atoms. The summed E-state index contributed by atoms with van der Waals surface area (Å²) in [7, 11) is 0. The first kappa shape index (κ1) is 15.3. The molecule has 1 fully saturated rings. The third-order valence-corrected chi connectivity index (χ3v) is 5.73. The first-order valence-corrected chi connectivity index (χ1v) is 8.19. The van der Waals surface area contributed by atoms with Crippen molar-refractivity contribution in [1.29, 1.82) is 0 Å². The molecule has 2 N–H and O–H groups in total. The van der Waals surface area contributed by atoms with Crippen molar-refractivity contribution in [3.05, 3.63) is 20.8 Å². The van der Waals surface area contributed by atoms with Gasteiger partial charge in [-0.15, -0.1) is 11.3 Å². The molecule has 0 radical (unpaired) electrons. The molecule has 20 heavy (non-hydrogen) atoms. The van der Waals surface area contributed by atoms with Crippen LogP contribution < -0.4 is 5.32 Å². The van der Waals surface area contributed by atoms with Gasteiger partial charge < -0.3 is 15.3 Å². The minimum atomic E-state index is -1.04. The minimum Gasteiger partial charge on any atom is -0.479 e. The Morgan fingerprint density at radius 3 is 2.90 bits per heavy atom. The molecule has 1 unspecified atom stereocenters. The van der Waals surface area contributed by atoms with Crippen molar-refractivity contribution in [2.24, 2.45) is 0 Å². The highest BCUT2D eigenvalue weighted by Crippen LogP contribution is 2.33. The number of aliphatic carboxylic acids is 1. The summed E-state index contributed by atoms with van der Waals surface area (Å²) in [5.41, 5.74) is -1.04. The highest BCUT2D eigenvalue weighted by molar-refractivity contribution is 9.10. The lowest BCUT2D eigenvalue weighted by molar-refractivity contribution is -0.148. The molecule has 0 aliphatic carbocycles. The average Bonchev–Trinajstić information content (AvgIpc) is 3.02. The molecule has 1 aliphatic heterocycles. The number of halogens is 1. The molecule has 5 nitrogen and oxygen atoms in total. The van der Waals surface area contributed by atoms with Crippen LogP contribution in [0.2, 0.25) is 0 Å². The number of carboxylic acid groups (broad SMARTS) is 1. The Balaban J connectivity index is 2.05. The van der Waals surface area contributed by atoms with Crippen molar-refractivity contribution in [2.45, 2.75) is 38.3 Å². The fraction of sp³-hybridized carbons (Fsp3) is 0.538. The molecule has 1 saturated heterocycles. The van der Waals surface area contributed by atoms with Crippen LogP contribution in [0.3, 0.4) is 0 Å². The zero-order valence-corrected chi connectivity index (χ0v) is 13.6. The lowest BCUT2D eigenvalue weighted by Crippen LogP contribution is -2.55. The van der Waals surface area contributed by atoms with E-state index in [4.69, 9.17) is 0 Å². The minimum absolute atomic E-state index is 0.299. The molecule has 1 atom stereocenters. The molecule has 110 valence electrons. The zero-order chi connectivity index (χ0) is 14.8. The first-order chi connectivity index (χ1) is 9.51. The zero-order valence-electron chi connectivity index (χ0n) is 11.2. The Hall–Kier alpha value is -1.08. The van der Waals surface area contributed by atoms with Crippen LogP contribution in [0.5, 0.6) is 0 Å². The number of hydrogen-bond acceptors (Lipinski definition) is 3. The average molecular weight is 361 g/mol. The number of rotatable bonds is 4.